The van der Waals surface area contributed by atoms with E-state index < -0.39 is 6.10 Å². The molecule has 5 atom stereocenters. The van der Waals surface area contributed by atoms with Crippen molar-refractivity contribution in [2.24, 2.45) is 17.8 Å². The molecule has 1 N–H and O–H groups in total. The zero-order valence-corrected chi connectivity index (χ0v) is 10.5. The van der Waals surface area contributed by atoms with Gasteiger partial charge in [0.1, 0.15) is 0 Å². The first-order valence-corrected chi connectivity index (χ1v) is 5.95. The second-order valence-electron chi connectivity index (χ2n) is 4.61. The first-order chi connectivity index (χ1) is 7.52. The van der Waals surface area contributed by atoms with Gasteiger partial charge in [0, 0.05) is 0 Å². The first-order valence-electron chi connectivity index (χ1n) is 5.95. The summed E-state index contributed by atoms with van der Waals surface area (Å²) in [7, 11) is 0. The number of hydrogen-bond donors (Lipinski definition) is 1. The molecule has 0 aromatic heterocycles. The average Bonchev–Trinajstić information content (AvgIpc) is 2.27. The van der Waals surface area contributed by atoms with Gasteiger partial charge in [0.05, 0.1) is 19.3 Å². The van der Waals surface area contributed by atoms with Gasteiger partial charge in [0.15, 0.2) is 6.10 Å². The molecule has 1 fully saturated rings. The van der Waals surface area contributed by atoms with E-state index in [1.54, 1.807) is 6.92 Å². The number of esters is 1. The fourth-order valence-corrected chi connectivity index (χ4v) is 2.23. The highest BCUT2D eigenvalue weighted by molar-refractivity contribution is 5.75. The molecule has 16 heavy (non-hydrogen) atoms. The Kier molecular flexibility index (Phi) is 4.74. The van der Waals surface area contributed by atoms with Crippen LogP contribution in [-0.4, -0.2) is 36.5 Å². The number of ether oxygens (including phenoxy) is 2. The maximum Gasteiger partial charge on any atom is 0.335 e. The van der Waals surface area contributed by atoms with Crippen molar-refractivity contribution in [1.29, 1.82) is 0 Å². The number of rotatable bonds is 3. The smallest absolute Gasteiger partial charge is 0.335 e. The molecule has 0 bridgehead atoms. The Morgan fingerprint density at radius 2 is 1.88 bits per heavy atom. The zero-order valence-electron chi connectivity index (χ0n) is 10.5. The third-order valence-electron chi connectivity index (χ3n) is 3.74. The zero-order chi connectivity index (χ0) is 12.3. The minimum Gasteiger partial charge on any atom is -0.464 e. The minimum atomic E-state index is -0.539. The molecule has 0 aromatic rings. The van der Waals surface area contributed by atoms with E-state index in [1.807, 2.05) is 13.8 Å². The lowest BCUT2D eigenvalue weighted by molar-refractivity contribution is -0.188. The van der Waals surface area contributed by atoms with Crippen molar-refractivity contribution in [3.05, 3.63) is 0 Å². The average molecular weight is 230 g/mol. The number of carbonyl (C=O) groups is 1. The molecule has 0 saturated carbocycles. The van der Waals surface area contributed by atoms with Crippen LogP contribution in [0.2, 0.25) is 0 Å². The van der Waals surface area contributed by atoms with E-state index in [0.717, 1.165) is 0 Å². The van der Waals surface area contributed by atoms with E-state index in [-0.39, 0.29) is 30.5 Å². The highest BCUT2D eigenvalue weighted by Crippen LogP contribution is 2.35. The van der Waals surface area contributed by atoms with Crippen LogP contribution in [0.3, 0.4) is 0 Å². The molecule has 0 spiro atoms. The van der Waals surface area contributed by atoms with Crippen LogP contribution in [0.15, 0.2) is 0 Å². The lowest BCUT2D eigenvalue weighted by atomic mass is 9.76. The van der Waals surface area contributed by atoms with Gasteiger partial charge in [-0.25, -0.2) is 4.79 Å². The van der Waals surface area contributed by atoms with E-state index >= 15 is 0 Å². The summed E-state index contributed by atoms with van der Waals surface area (Å²) in [5, 5.41) is 9.22. The summed E-state index contributed by atoms with van der Waals surface area (Å²) in [4.78, 5) is 11.7. The molecule has 1 unspecified atom stereocenters. The van der Waals surface area contributed by atoms with Crippen LogP contribution in [0.1, 0.15) is 27.7 Å². The minimum absolute atomic E-state index is 0.0475. The summed E-state index contributed by atoms with van der Waals surface area (Å²) in [6.45, 7) is 8.22. The van der Waals surface area contributed by atoms with Gasteiger partial charge in [0.2, 0.25) is 0 Å². The van der Waals surface area contributed by atoms with Crippen LogP contribution < -0.4 is 0 Å². The van der Waals surface area contributed by atoms with Crippen LogP contribution in [0.25, 0.3) is 0 Å². The van der Waals surface area contributed by atoms with Crippen molar-refractivity contribution < 1.29 is 19.4 Å². The molecule has 0 radical (unpaired) electrons. The summed E-state index contributed by atoms with van der Waals surface area (Å²) in [6.07, 6.45) is -0.802. The Hall–Kier alpha value is -0.610. The number of carbonyl (C=O) groups excluding carboxylic acids is 1. The van der Waals surface area contributed by atoms with E-state index in [1.165, 1.54) is 0 Å². The predicted octanol–water partition coefficient (Wildman–Crippen LogP) is 1.22. The molecule has 4 heteroatoms. The molecule has 1 aliphatic rings. The highest BCUT2D eigenvalue weighted by Gasteiger charge is 2.42. The molecular formula is C12H22O4. The largest absolute Gasteiger partial charge is 0.464 e. The highest BCUT2D eigenvalue weighted by atomic mass is 16.6. The van der Waals surface area contributed by atoms with E-state index in [0.29, 0.717) is 12.5 Å². The molecule has 1 heterocycles. The number of aliphatic hydroxyl groups is 1. The van der Waals surface area contributed by atoms with Crippen LogP contribution >= 0.6 is 0 Å². The fourth-order valence-electron chi connectivity index (χ4n) is 2.23. The molecule has 1 aliphatic heterocycles. The Bertz CT molecular complexity index is 239. The van der Waals surface area contributed by atoms with Crippen molar-refractivity contribution in [2.45, 2.75) is 39.9 Å². The van der Waals surface area contributed by atoms with E-state index in [4.69, 9.17) is 9.47 Å². The van der Waals surface area contributed by atoms with E-state index in [9.17, 15) is 9.90 Å². The summed E-state index contributed by atoms with van der Waals surface area (Å²) >= 11 is 0. The standard InChI is InChI=1S/C12H22O4/c1-5-15-12(14)11-9(4)7(2)8(3)10(6-13)16-11/h7-11,13H,5-6H2,1-4H3/t7-,8-,9+,10+,11?/m0/s1. The van der Waals surface area contributed by atoms with Gasteiger partial charge in [-0.3, -0.25) is 0 Å². The fraction of sp³-hybridized carbons (Fsp3) is 0.917. The van der Waals surface area contributed by atoms with Crippen molar-refractivity contribution in [3.8, 4) is 0 Å². The normalized spacial score (nSPS) is 39.4. The molecule has 0 aromatic carbocycles. The molecule has 1 saturated heterocycles. The maximum absolute atomic E-state index is 11.7. The second-order valence-corrected chi connectivity index (χ2v) is 4.61. The third kappa shape index (κ3) is 2.55. The SMILES string of the molecule is CCOC(=O)C1O[C@H](CO)[C@@H](C)[C@H](C)[C@H]1C. The summed E-state index contributed by atoms with van der Waals surface area (Å²) in [6, 6.07) is 0. The van der Waals surface area contributed by atoms with Gasteiger partial charge < -0.3 is 14.6 Å². The van der Waals surface area contributed by atoms with E-state index in [2.05, 4.69) is 6.92 Å². The van der Waals surface area contributed by atoms with Crippen LogP contribution in [0.5, 0.6) is 0 Å². The molecule has 4 nitrogen and oxygen atoms in total. The van der Waals surface area contributed by atoms with Gasteiger partial charge in [-0.15, -0.1) is 0 Å². The van der Waals surface area contributed by atoms with Gasteiger partial charge in [-0.05, 0) is 24.7 Å². The Morgan fingerprint density at radius 1 is 1.25 bits per heavy atom. The Morgan fingerprint density at radius 3 is 2.38 bits per heavy atom. The quantitative estimate of drug-likeness (QED) is 0.741. The summed E-state index contributed by atoms with van der Waals surface area (Å²) < 4.78 is 10.6. The van der Waals surface area contributed by atoms with Crippen molar-refractivity contribution in [3.63, 3.8) is 0 Å². The predicted molar refractivity (Wildman–Crippen MR) is 59.9 cm³/mol. The van der Waals surface area contributed by atoms with Gasteiger partial charge in [-0.2, -0.15) is 0 Å². The van der Waals surface area contributed by atoms with Crippen LogP contribution in [0, 0.1) is 17.8 Å². The van der Waals surface area contributed by atoms with Crippen molar-refractivity contribution in [1.82, 2.24) is 0 Å². The number of hydrogen-bond acceptors (Lipinski definition) is 4. The number of aliphatic hydroxyl groups excluding tert-OH is 1. The van der Waals surface area contributed by atoms with Crippen LogP contribution in [-0.2, 0) is 14.3 Å². The summed E-state index contributed by atoms with van der Waals surface area (Å²) in [5.41, 5.74) is 0. The van der Waals surface area contributed by atoms with Gasteiger partial charge >= 0.3 is 5.97 Å². The van der Waals surface area contributed by atoms with Crippen LogP contribution in [0.4, 0.5) is 0 Å². The molecule has 94 valence electrons. The molecule has 1 rings (SSSR count). The second kappa shape index (κ2) is 5.64. The van der Waals surface area contributed by atoms with Gasteiger partial charge in [-0.1, -0.05) is 20.8 Å². The Labute approximate surface area is 96.9 Å². The van der Waals surface area contributed by atoms with Crippen molar-refractivity contribution >= 4 is 5.97 Å². The molecule has 0 amide bonds. The molecular weight excluding hydrogens is 208 g/mol. The lowest BCUT2D eigenvalue weighted by Crippen LogP contribution is -2.49. The van der Waals surface area contributed by atoms with Gasteiger partial charge in [0.25, 0.3) is 0 Å². The monoisotopic (exact) mass is 230 g/mol. The topological polar surface area (TPSA) is 55.8 Å². The first kappa shape index (κ1) is 13.5. The Balaban J connectivity index is 2.74. The third-order valence-corrected chi connectivity index (χ3v) is 3.74. The molecule has 0 aliphatic carbocycles. The summed E-state index contributed by atoms with van der Waals surface area (Å²) in [5.74, 6) is 0.398. The van der Waals surface area contributed by atoms with Crippen molar-refractivity contribution in [2.75, 3.05) is 13.2 Å². The maximum atomic E-state index is 11.7. The lowest BCUT2D eigenvalue weighted by Gasteiger charge is -2.41.